The molecule has 10 heteroatoms. The molecule has 0 heterocycles. The molecule has 10 nitrogen and oxygen atoms in total. The molecule has 0 radical (unpaired) electrons. The molecule has 0 aliphatic rings. The number of hydrogen-bond donors (Lipinski definition) is 4. The van der Waals surface area contributed by atoms with E-state index in [9.17, 15) is 34.8 Å². The lowest BCUT2D eigenvalue weighted by atomic mass is 10.1. The molecule has 38 heavy (non-hydrogen) atoms. The summed E-state index contributed by atoms with van der Waals surface area (Å²) in [6, 6.07) is 16.6. The molecule has 4 N–H and O–H groups in total. The van der Waals surface area contributed by atoms with Crippen molar-refractivity contribution in [3.05, 3.63) is 95.3 Å². The Balaban J connectivity index is 1.71. The van der Waals surface area contributed by atoms with Crippen LogP contribution >= 0.6 is 0 Å². The number of rotatable bonds is 10. The number of carboxylic acid groups (broad SMARTS) is 1. The fourth-order valence-electron chi connectivity index (χ4n) is 3.21. The number of carbonyl (C=O) groups is 3. The van der Waals surface area contributed by atoms with Crippen LogP contribution in [0.25, 0.3) is 12.2 Å². The Labute approximate surface area is 217 Å². The van der Waals surface area contributed by atoms with E-state index >= 15 is 0 Å². The van der Waals surface area contributed by atoms with E-state index in [1.807, 2.05) is 0 Å². The average Bonchev–Trinajstić information content (AvgIpc) is 2.90. The molecule has 1 atom stereocenters. The van der Waals surface area contributed by atoms with Gasteiger partial charge in [-0.15, -0.1) is 0 Å². The van der Waals surface area contributed by atoms with Gasteiger partial charge in [0.15, 0.2) is 23.0 Å². The number of hydrogen-bond acceptors (Lipinski definition) is 9. The van der Waals surface area contributed by atoms with Crippen LogP contribution in [0.2, 0.25) is 0 Å². The molecule has 1 unspecified atom stereocenters. The van der Waals surface area contributed by atoms with Gasteiger partial charge >= 0.3 is 17.9 Å². The Hall–Kier alpha value is -5.25. The van der Waals surface area contributed by atoms with Gasteiger partial charge in [0.2, 0.25) is 11.9 Å². The maximum absolute atomic E-state index is 12.2. The first kappa shape index (κ1) is 27.3. The lowest BCUT2D eigenvalue weighted by Crippen LogP contribution is -2.28. The average molecular weight is 520 g/mol. The van der Waals surface area contributed by atoms with Crippen molar-refractivity contribution >= 4 is 30.1 Å². The van der Waals surface area contributed by atoms with Gasteiger partial charge < -0.3 is 34.6 Å². The predicted molar refractivity (Wildman–Crippen MR) is 135 cm³/mol. The van der Waals surface area contributed by atoms with E-state index in [2.05, 4.69) is 0 Å². The molecule has 0 bridgehead atoms. The Morgan fingerprint density at radius 1 is 0.868 bits per heavy atom. The van der Waals surface area contributed by atoms with E-state index in [1.54, 1.807) is 30.3 Å². The highest BCUT2D eigenvalue weighted by Gasteiger charge is 2.22. The van der Waals surface area contributed by atoms with E-state index in [4.69, 9.17) is 14.2 Å². The first-order valence-corrected chi connectivity index (χ1v) is 11.1. The summed E-state index contributed by atoms with van der Waals surface area (Å²) >= 11 is 0. The first-order valence-electron chi connectivity index (χ1n) is 11.1. The van der Waals surface area contributed by atoms with Gasteiger partial charge in [-0.05, 0) is 53.1 Å². The van der Waals surface area contributed by atoms with E-state index in [1.165, 1.54) is 48.6 Å². The number of phenols is 3. The molecule has 0 spiro atoms. The van der Waals surface area contributed by atoms with Gasteiger partial charge in [-0.1, -0.05) is 42.5 Å². The van der Waals surface area contributed by atoms with Crippen LogP contribution in [0.1, 0.15) is 16.7 Å². The summed E-state index contributed by atoms with van der Waals surface area (Å²) in [5.41, 5.74) is 1.36. The first-order chi connectivity index (χ1) is 18.2. The van der Waals surface area contributed by atoms with E-state index in [-0.39, 0.29) is 29.4 Å². The second-order valence-electron chi connectivity index (χ2n) is 7.86. The summed E-state index contributed by atoms with van der Waals surface area (Å²) in [6.45, 7) is 0. The SMILES string of the molecule is COC(=O)/C(=C/c1ccc(O)c(O)c1)Oc1ccc(/C=C/C(=O)OC(Cc2ccccc2)C(=O)O)cc1O. The van der Waals surface area contributed by atoms with Crippen LogP contribution in [0.5, 0.6) is 23.0 Å². The van der Waals surface area contributed by atoms with Crippen LogP contribution in [0.15, 0.2) is 78.6 Å². The third kappa shape index (κ3) is 7.62. The van der Waals surface area contributed by atoms with Gasteiger partial charge in [0.05, 0.1) is 7.11 Å². The van der Waals surface area contributed by atoms with Crippen LogP contribution in [-0.4, -0.2) is 51.5 Å². The van der Waals surface area contributed by atoms with Crippen molar-refractivity contribution in [2.75, 3.05) is 7.11 Å². The number of ether oxygens (including phenoxy) is 3. The molecule has 196 valence electrons. The molecule has 0 saturated carbocycles. The molecule has 0 fully saturated rings. The second kappa shape index (κ2) is 12.6. The van der Waals surface area contributed by atoms with Crippen molar-refractivity contribution in [1.29, 1.82) is 0 Å². The van der Waals surface area contributed by atoms with Gasteiger partial charge in [-0.2, -0.15) is 0 Å². The van der Waals surface area contributed by atoms with Crippen molar-refractivity contribution < 1.29 is 49.0 Å². The van der Waals surface area contributed by atoms with Crippen LogP contribution in [0.3, 0.4) is 0 Å². The number of phenolic OH excluding ortho intramolecular Hbond substituents is 3. The zero-order valence-electron chi connectivity index (χ0n) is 20.1. The summed E-state index contributed by atoms with van der Waals surface area (Å²) in [7, 11) is 1.13. The van der Waals surface area contributed by atoms with E-state index < -0.39 is 29.8 Å². The monoisotopic (exact) mass is 520 g/mol. The third-order valence-corrected chi connectivity index (χ3v) is 5.10. The third-order valence-electron chi connectivity index (χ3n) is 5.10. The van der Waals surface area contributed by atoms with Crippen molar-refractivity contribution in [2.45, 2.75) is 12.5 Å². The number of carbonyl (C=O) groups excluding carboxylic acids is 2. The Bertz CT molecular complexity index is 1380. The lowest BCUT2D eigenvalue weighted by molar-refractivity contribution is -0.160. The van der Waals surface area contributed by atoms with Gasteiger partial charge in [-0.25, -0.2) is 14.4 Å². The molecular weight excluding hydrogens is 496 g/mol. The smallest absolute Gasteiger partial charge is 0.373 e. The van der Waals surface area contributed by atoms with Crippen LogP contribution < -0.4 is 4.74 Å². The number of aromatic hydroxyl groups is 3. The molecule has 0 aromatic heterocycles. The highest BCUT2D eigenvalue weighted by molar-refractivity contribution is 5.92. The number of aliphatic carboxylic acids is 1. The minimum absolute atomic E-state index is 0.00237. The highest BCUT2D eigenvalue weighted by Crippen LogP contribution is 2.31. The second-order valence-corrected chi connectivity index (χ2v) is 7.86. The summed E-state index contributed by atoms with van der Waals surface area (Å²) < 4.78 is 15.2. The van der Waals surface area contributed by atoms with Crippen molar-refractivity contribution in [3.63, 3.8) is 0 Å². The van der Waals surface area contributed by atoms with E-state index in [0.29, 0.717) is 16.7 Å². The standard InChI is InChI=1S/C28H24O10/c1-36-28(35)25(16-19-7-10-20(29)21(30)14-19)37-23-11-8-18(13-22(23)31)9-12-26(32)38-24(27(33)34)15-17-5-3-2-4-6-17/h2-14,16,24,29-31H,15H2,1H3,(H,33,34)/b12-9+,25-16-. The largest absolute Gasteiger partial charge is 0.504 e. The zero-order chi connectivity index (χ0) is 27.7. The molecule has 3 rings (SSSR count). The van der Waals surface area contributed by atoms with Crippen molar-refractivity contribution in [1.82, 2.24) is 0 Å². The van der Waals surface area contributed by atoms with Gasteiger partial charge in [0.25, 0.3) is 0 Å². The minimum Gasteiger partial charge on any atom is -0.504 e. The molecular formula is C28H24O10. The molecule has 3 aromatic rings. The number of methoxy groups -OCH3 is 1. The summed E-state index contributed by atoms with van der Waals surface area (Å²) in [5.74, 6) is -4.61. The fourth-order valence-corrected chi connectivity index (χ4v) is 3.21. The number of esters is 2. The summed E-state index contributed by atoms with van der Waals surface area (Å²) in [5, 5.41) is 38.9. The normalized spacial score (nSPS) is 12.1. The maximum Gasteiger partial charge on any atom is 0.373 e. The Kier molecular flexibility index (Phi) is 9.09. The van der Waals surface area contributed by atoms with Gasteiger partial charge in [0, 0.05) is 12.5 Å². The number of carboxylic acids is 1. The minimum atomic E-state index is -1.38. The highest BCUT2D eigenvalue weighted by atomic mass is 16.6. The molecule has 3 aromatic carbocycles. The summed E-state index contributed by atoms with van der Waals surface area (Å²) in [4.78, 5) is 35.9. The lowest BCUT2D eigenvalue weighted by Gasteiger charge is -2.12. The van der Waals surface area contributed by atoms with Crippen molar-refractivity contribution in [2.24, 2.45) is 0 Å². The Morgan fingerprint density at radius 3 is 2.18 bits per heavy atom. The quantitative estimate of drug-likeness (QED) is 0.134. The zero-order valence-corrected chi connectivity index (χ0v) is 20.1. The maximum atomic E-state index is 12.2. The van der Waals surface area contributed by atoms with Gasteiger partial charge in [0.1, 0.15) is 0 Å². The molecule has 0 amide bonds. The van der Waals surface area contributed by atoms with Crippen molar-refractivity contribution in [3.8, 4) is 23.0 Å². The number of benzene rings is 3. The molecule has 0 aliphatic carbocycles. The topological polar surface area (TPSA) is 160 Å². The molecule has 0 aliphatic heterocycles. The molecule has 0 saturated heterocycles. The fraction of sp³-hybridized carbons (Fsp3) is 0.107. The van der Waals surface area contributed by atoms with Gasteiger partial charge in [-0.3, -0.25) is 0 Å². The summed E-state index contributed by atoms with van der Waals surface area (Å²) in [6.07, 6.45) is 2.19. The van der Waals surface area contributed by atoms with Crippen LogP contribution in [0.4, 0.5) is 0 Å². The Morgan fingerprint density at radius 2 is 1.55 bits per heavy atom. The predicted octanol–water partition coefficient (Wildman–Crippen LogP) is 3.65. The van der Waals surface area contributed by atoms with Crippen LogP contribution in [-0.2, 0) is 30.3 Å². The van der Waals surface area contributed by atoms with E-state index in [0.717, 1.165) is 13.2 Å². The van der Waals surface area contributed by atoms with Crippen LogP contribution in [0, 0.1) is 0 Å².